The molecule has 118 valence electrons. The molecule has 3 N–H and O–H groups in total. The molecular weight excluding hydrogens is 294 g/mol. The summed E-state index contributed by atoms with van der Waals surface area (Å²) in [5, 5.41) is 6.48. The van der Waals surface area contributed by atoms with E-state index in [2.05, 4.69) is 32.5 Å². The topological polar surface area (TPSA) is 57.4 Å². The Balaban J connectivity index is 1.50. The molecule has 0 radical (unpaired) electrons. The van der Waals surface area contributed by atoms with E-state index in [1.807, 2.05) is 24.3 Å². The average molecular weight is 317 g/mol. The van der Waals surface area contributed by atoms with Crippen LogP contribution in [0.4, 0.5) is 10.8 Å². The lowest BCUT2D eigenvalue weighted by molar-refractivity contribution is 0.158. The van der Waals surface area contributed by atoms with Crippen LogP contribution in [0.2, 0.25) is 0 Å². The van der Waals surface area contributed by atoms with Gasteiger partial charge in [-0.15, -0.1) is 11.3 Å². The van der Waals surface area contributed by atoms with Crippen LogP contribution in [-0.4, -0.2) is 61.1 Å². The molecule has 1 aliphatic heterocycles. The Morgan fingerprint density at radius 1 is 1.27 bits per heavy atom. The van der Waals surface area contributed by atoms with Crippen molar-refractivity contribution in [2.24, 2.45) is 0 Å². The minimum absolute atomic E-state index is 0.773. The largest absolute Gasteiger partial charge is 0.399 e. The third-order valence-electron chi connectivity index (χ3n) is 3.99. The number of hydrogen-bond donors (Lipinski definition) is 2. The molecule has 5 nitrogen and oxygen atoms in total. The molecule has 0 bridgehead atoms. The molecular formula is C16H23N5S. The van der Waals surface area contributed by atoms with Crippen LogP contribution in [-0.2, 0) is 0 Å². The minimum atomic E-state index is 0.773. The summed E-state index contributed by atoms with van der Waals surface area (Å²) >= 11 is 1.65. The number of nitrogens with two attached hydrogens (primary N) is 1. The van der Waals surface area contributed by atoms with Crippen molar-refractivity contribution in [1.29, 1.82) is 0 Å². The molecule has 1 aliphatic rings. The Hall–Kier alpha value is -1.63. The summed E-state index contributed by atoms with van der Waals surface area (Å²) in [7, 11) is 2.18. The number of piperazine rings is 1. The number of aromatic nitrogens is 1. The molecule has 2 heterocycles. The van der Waals surface area contributed by atoms with Crippen LogP contribution >= 0.6 is 11.3 Å². The maximum absolute atomic E-state index is 5.83. The Morgan fingerprint density at radius 2 is 2.09 bits per heavy atom. The highest BCUT2D eigenvalue weighted by Crippen LogP contribution is 2.25. The lowest BCUT2D eigenvalue weighted by Gasteiger charge is -2.32. The Bertz CT molecular complexity index is 604. The van der Waals surface area contributed by atoms with E-state index in [1.165, 1.54) is 0 Å². The number of nitrogens with one attached hydrogen (secondary N) is 1. The van der Waals surface area contributed by atoms with Crippen molar-refractivity contribution in [3.05, 3.63) is 29.6 Å². The van der Waals surface area contributed by atoms with E-state index in [0.29, 0.717) is 0 Å². The number of rotatable bonds is 5. The van der Waals surface area contributed by atoms with E-state index in [0.717, 1.165) is 61.3 Å². The van der Waals surface area contributed by atoms with Gasteiger partial charge in [0.2, 0.25) is 0 Å². The predicted molar refractivity (Wildman–Crippen MR) is 94.4 cm³/mol. The molecule has 1 saturated heterocycles. The fraction of sp³-hybridized carbons (Fsp3) is 0.438. The third-order valence-corrected chi connectivity index (χ3v) is 4.79. The molecule has 0 aliphatic carbocycles. The van der Waals surface area contributed by atoms with Gasteiger partial charge in [0, 0.05) is 55.9 Å². The number of nitrogens with zero attached hydrogens (tertiary/aromatic N) is 3. The van der Waals surface area contributed by atoms with E-state index in [-0.39, 0.29) is 0 Å². The fourth-order valence-electron chi connectivity index (χ4n) is 2.58. The van der Waals surface area contributed by atoms with Crippen molar-refractivity contribution in [2.45, 2.75) is 0 Å². The molecule has 22 heavy (non-hydrogen) atoms. The van der Waals surface area contributed by atoms with Crippen LogP contribution in [0, 0.1) is 0 Å². The molecule has 1 aromatic carbocycles. The zero-order valence-electron chi connectivity index (χ0n) is 13.0. The van der Waals surface area contributed by atoms with Crippen molar-refractivity contribution in [2.75, 3.05) is 57.4 Å². The Kier molecular flexibility index (Phi) is 4.92. The third kappa shape index (κ3) is 3.97. The van der Waals surface area contributed by atoms with Crippen molar-refractivity contribution >= 4 is 22.2 Å². The van der Waals surface area contributed by atoms with E-state index in [9.17, 15) is 0 Å². The number of nitrogen functional groups attached to an aromatic ring is 1. The monoisotopic (exact) mass is 317 g/mol. The van der Waals surface area contributed by atoms with Gasteiger partial charge in [-0.2, -0.15) is 0 Å². The molecule has 0 amide bonds. The standard InChI is InChI=1S/C16H23N5S/c1-20-7-9-21(10-8-20)6-5-18-16-19-15(12-22-16)13-3-2-4-14(17)11-13/h2-4,11-12H,5-10,17H2,1H3,(H,18,19). The van der Waals surface area contributed by atoms with Crippen molar-refractivity contribution in [3.63, 3.8) is 0 Å². The summed E-state index contributed by atoms with van der Waals surface area (Å²) in [5.41, 5.74) is 8.66. The summed E-state index contributed by atoms with van der Waals surface area (Å²) in [4.78, 5) is 9.52. The first-order valence-electron chi connectivity index (χ1n) is 7.67. The van der Waals surface area contributed by atoms with Gasteiger partial charge >= 0.3 is 0 Å². The summed E-state index contributed by atoms with van der Waals surface area (Å²) in [5.74, 6) is 0. The highest BCUT2D eigenvalue weighted by Gasteiger charge is 2.13. The Morgan fingerprint density at radius 3 is 2.86 bits per heavy atom. The van der Waals surface area contributed by atoms with Crippen molar-refractivity contribution in [3.8, 4) is 11.3 Å². The average Bonchev–Trinajstić information content (AvgIpc) is 2.98. The van der Waals surface area contributed by atoms with E-state index >= 15 is 0 Å². The molecule has 0 spiro atoms. The number of benzene rings is 1. The first kappa shape index (κ1) is 15.3. The van der Waals surface area contributed by atoms with E-state index in [1.54, 1.807) is 11.3 Å². The quantitative estimate of drug-likeness (QED) is 0.827. The Labute approximate surface area is 135 Å². The van der Waals surface area contributed by atoms with Gasteiger partial charge in [0.1, 0.15) is 0 Å². The highest BCUT2D eigenvalue weighted by molar-refractivity contribution is 7.14. The second-order valence-corrected chi connectivity index (χ2v) is 6.59. The number of thiazole rings is 1. The summed E-state index contributed by atoms with van der Waals surface area (Å²) in [6.45, 7) is 6.65. The first-order valence-corrected chi connectivity index (χ1v) is 8.55. The lowest BCUT2D eigenvalue weighted by atomic mass is 10.1. The van der Waals surface area contributed by atoms with Gasteiger partial charge in [0.05, 0.1) is 5.69 Å². The lowest BCUT2D eigenvalue weighted by Crippen LogP contribution is -2.45. The number of likely N-dealkylation sites (N-methyl/N-ethyl adjacent to an activating group) is 1. The van der Waals surface area contributed by atoms with Crippen LogP contribution in [0.5, 0.6) is 0 Å². The SMILES string of the molecule is CN1CCN(CCNc2nc(-c3cccc(N)c3)cs2)CC1. The highest BCUT2D eigenvalue weighted by atomic mass is 32.1. The molecule has 2 aromatic rings. The van der Waals surface area contributed by atoms with Crippen molar-refractivity contribution in [1.82, 2.24) is 14.8 Å². The zero-order valence-corrected chi connectivity index (χ0v) is 13.8. The predicted octanol–water partition coefficient (Wildman–Crippen LogP) is 2.05. The minimum Gasteiger partial charge on any atom is -0.399 e. The van der Waals surface area contributed by atoms with Gasteiger partial charge in [0.15, 0.2) is 5.13 Å². The van der Waals surface area contributed by atoms with Gasteiger partial charge in [0.25, 0.3) is 0 Å². The van der Waals surface area contributed by atoms with Gasteiger partial charge in [-0.1, -0.05) is 12.1 Å². The molecule has 1 aromatic heterocycles. The van der Waals surface area contributed by atoms with Crippen LogP contribution in [0.25, 0.3) is 11.3 Å². The van der Waals surface area contributed by atoms with Crippen LogP contribution in [0.15, 0.2) is 29.6 Å². The zero-order chi connectivity index (χ0) is 15.4. The summed E-state index contributed by atoms with van der Waals surface area (Å²) in [6.07, 6.45) is 0. The van der Waals surface area contributed by atoms with E-state index < -0.39 is 0 Å². The molecule has 3 rings (SSSR count). The van der Waals surface area contributed by atoms with Crippen LogP contribution < -0.4 is 11.1 Å². The van der Waals surface area contributed by atoms with Gasteiger partial charge in [-0.05, 0) is 19.2 Å². The fourth-order valence-corrected chi connectivity index (χ4v) is 3.33. The first-order chi connectivity index (χ1) is 10.7. The molecule has 1 fully saturated rings. The van der Waals surface area contributed by atoms with Crippen molar-refractivity contribution < 1.29 is 0 Å². The second-order valence-electron chi connectivity index (χ2n) is 5.74. The van der Waals surface area contributed by atoms with Crippen LogP contribution in [0.3, 0.4) is 0 Å². The van der Waals surface area contributed by atoms with E-state index in [4.69, 9.17) is 5.73 Å². The maximum Gasteiger partial charge on any atom is 0.183 e. The van der Waals surface area contributed by atoms with Gasteiger partial charge in [-0.3, -0.25) is 4.90 Å². The summed E-state index contributed by atoms with van der Waals surface area (Å²) in [6, 6.07) is 7.86. The molecule has 0 saturated carbocycles. The van der Waals surface area contributed by atoms with Gasteiger partial charge < -0.3 is 16.0 Å². The molecule has 0 atom stereocenters. The molecule has 0 unspecified atom stereocenters. The molecule has 6 heteroatoms. The maximum atomic E-state index is 5.83. The van der Waals surface area contributed by atoms with Crippen LogP contribution in [0.1, 0.15) is 0 Å². The summed E-state index contributed by atoms with van der Waals surface area (Å²) < 4.78 is 0. The second kappa shape index (κ2) is 7.09. The smallest absolute Gasteiger partial charge is 0.183 e. The number of anilines is 2. The normalized spacial score (nSPS) is 16.8. The number of hydrogen-bond acceptors (Lipinski definition) is 6. The van der Waals surface area contributed by atoms with Gasteiger partial charge in [-0.25, -0.2) is 4.98 Å².